The number of unbranched alkanes of at least 4 members (excludes halogenated alkanes) is 9. The fourth-order valence-electron chi connectivity index (χ4n) is 3.66. The molecule has 180 valence electrons. The van der Waals surface area contributed by atoms with Crippen molar-refractivity contribution in [3.05, 3.63) is 65.2 Å². The first-order chi connectivity index (χ1) is 16.2. The normalized spacial score (nSPS) is 10.6. The lowest BCUT2D eigenvalue weighted by molar-refractivity contribution is 0.0436. The molecule has 0 bridgehead atoms. The molecule has 0 atom stereocenters. The molecule has 0 aromatic heterocycles. The zero-order chi connectivity index (χ0) is 23.7. The van der Waals surface area contributed by atoms with Crippen LogP contribution in [0.25, 0.3) is 0 Å². The van der Waals surface area contributed by atoms with Crippen molar-refractivity contribution in [1.29, 1.82) is 0 Å². The van der Waals surface area contributed by atoms with E-state index >= 15 is 0 Å². The van der Waals surface area contributed by atoms with Crippen LogP contribution >= 0.6 is 0 Å². The third kappa shape index (κ3) is 10.1. The maximum atomic E-state index is 12.6. The second-order valence-electron chi connectivity index (χ2n) is 8.29. The van der Waals surface area contributed by atoms with Gasteiger partial charge in [-0.1, -0.05) is 89.0 Å². The molecule has 0 fully saturated rings. The summed E-state index contributed by atoms with van der Waals surface area (Å²) in [6.45, 7) is 2.70. The molecule has 0 aliphatic carbocycles. The molecule has 0 radical (unpaired) electrons. The highest BCUT2D eigenvalue weighted by molar-refractivity contribution is 6.03. The smallest absolute Gasteiger partial charge is 0.339 e. The van der Waals surface area contributed by atoms with Gasteiger partial charge < -0.3 is 14.2 Å². The molecular weight excluding hydrogens is 416 g/mol. The summed E-state index contributed by atoms with van der Waals surface area (Å²) in [7, 11) is 1.59. The molecule has 5 heteroatoms. The fraction of sp³-hybridized carbons (Fsp3) is 0.500. The van der Waals surface area contributed by atoms with E-state index in [0.717, 1.165) is 18.4 Å². The van der Waals surface area contributed by atoms with Crippen molar-refractivity contribution in [2.45, 2.75) is 77.7 Å². The van der Waals surface area contributed by atoms with Gasteiger partial charge in [0.1, 0.15) is 12.4 Å². The largest absolute Gasteiger partial charge is 0.497 e. The fourth-order valence-corrected chi connectivity index (χ4v) is 3.66. The maximum absolute atomic E-state index is 12.6. The Balaban J connectivity index is 1.71. The Morgan fingerprint density at radius 1 is 0.697 bits per heavy atom. The van der Waals surface area contributed by atoms with Gasteiger partial charge in [-0.25, -0.2) is 9.59 Å². The van der Waals surface area contributed by atoms with Gasteiger partial charge >= 0.3 is 11.9 Å². The maximum Gasteiger partial charge on any atom is 0.339 e. The van der Waals surface area contributed by atoms with Crippen LogP contribution in [0.1, 0.15) is 97.4 Å². The lowest BCUT2D eigenvalue weighted by Crippen LogP contribution is -2.14. The highest BCUT2D eigenvalue weighted by Crippen LogP contribution is 2.17. The van der Waals surface area contributed by atoms with E-state index in [-0.39, 0.29) is 17.7 Å². The molecule has 0 aliphatic heterocycles. The minimum Gasteiger partial charge on any atom is -0.497 e. The number of hydrogen-bond acceptors (Lipinski definition) is 5. The molecule has 0 amide bonds. The lowest BCUT2D eigenvalue weighted by atomic mass is 10.1. The molecule has 0 spiro atoms. The van der Waals surface area contributed by atoms with E-state index in [1.165, 1.54) is 51.4 Å². The van der Waals surface area contributed by atoms with Gasteiger partial charge in [-0.3, -0.25) is 0 Å². The van der Waals surface area contributed by atoms with Crippen molar-refractivity contribution in [2.24, 2.45) is 0 Å². The average Bonchev–Trinajstić information content (AvgIpc) is 2.85. The topological polar surface area (TPSA) is 61.8 Å². The van der Waals surface area contributed by atoms with Crippen LogP contribution < -0.4 is 4.74 Å². The van der Waals surface area contributed by atoms with E-state index in [2.05, 4.69) is 6.92 Å². The number of ether oxygens (including phenoxy) is 3. The van der Waals surface area contributed by atoms with Crippen molar-refractivity contribution in [2.75, 3.05) is 13.7 Å². The van der Waals surface area contributed by atoms with Crippen LogP contribution in [0.15, 0.2) is 48.5 Å². The quantitative estimate of drug-likeness (QED) is 0.199. The standard InChI is InChI=1S/C28H38O5/c1-3-4-5-6-7-8-9-10-11-14-20-32-27(29)25-18-12-13-19-26(25)28(30)33-22-23-16-15-17-24(21-23)31-2/h12-13,15-19,21H,3-11,14,20,22H2,1-2H3. The van der Waals surface area contributed by atoms with Gasteiger partial charge in [0.2, 0.25) is 0 Å². The van der Waals surface area contributed by atoms with Gasteiger partial charge in [0, 0.05) is 0 Å². The number of rotatable bonds is 16. The van der Waals surface area contributed by atoms with E-state index in [1.54, 1.807) is 37.4 Å². The molecule has 33 heavy (non-hydrogen) atoms. The molecule has 0 N–H and O–H groups in total. The van der Waals surface area contributed by atoms with E-state index in [9.17, 15) is 9.59 Å². The Kier molecular flexibility index (Phi) is 12.7. The predicted octanol–water partition coefficient (Wildman–Crippen LogP) is 7.13. The second-order valence-corrected chi connectivity index (χ2v) is 8.29. The summed E-state index contributed by atoms with van der Waals surface area (Å²) in [5.41, 5.74) is 1.26. The molecule has 2 aromatic rings. The minimum atomic E-state index is -0.552. The van der Waals surface area contributed by atoms with Crippen LogP contribution in [0.3, 0.4) is 0 Å². The van der Waals surface area contributed by atoms with E-state index in [0.29, 0.717) is 12.4 Å². The summed E-state index contributed by atoms with van der Waals surface area (Å²) >= 11 is 0. The minimum absolute atomic E-state index is 0.0953. The molecule has 0 saturated carbocycles. The van der Waals surface area contributed by atoms with Crippen LogP contribution in [0.2, 0.25) is 0 Å². The van der Waals surface area contributed by atoms with Crippen LogP contribution in [-0.2, 0) is 16.1 Å². The lowest BCUT2D eigenvalue weighted by Gasteiger charge is -2.10. The molecule has 0 saturated heterocycles. The number of carbonyl (C=O) groups is 2. The molecule has 0 aliphatic rings. The molecular formula is C28H38O5. The van der Waals surface area contributed by atoms with Crippen molar-refractivity contribution in [3.8, 4) is 5.75 Å². The number of benzene rings is 2. The Hall–Kier alpha value is -2.82. The first kappa shape index (κ1) is 26.4. The first-order valence-electron chi connectivity index (χ1n) is 12.2. The predicted molar refractivity (Wildman–Crippen MR) is 131 cm³/mol. The summed E-state index contributed by atoms with van der Waals surface area (Å²) in [4.78, 5) is 25.1. The molecule has 2 rings (SSSR count). The SMILES string of the molecule is CCCCCCCCCCCCOC(=O)c1ccccc1C(=O)OCc1cccc(OC)c1. The Bertz CT molecular complexity index is 846. The highest BCUT2D eigenvalue weighted by Gasteiger charge is 2.19. The van der Waals surface area contributed by atoms with Crippen LogP contribution in [-0.4, -0.2) is 25.7 Å². The average molecular weight is 455 g/mol. The highest BCUT2D eigenvalue weighted by atomic mass is 16.5. The zero-order valence-corrected chi connectivity index (χ0v) is 20.1. The number of hydrogen-bond donors (Lipinski definition) is 0. The number of methoxy groups -OCH3 is 1. The van der Waals surface area contributed by atoms with Crippen molar-refractivity contribution < 1.29 is 23.8 Å². The second kappa shape index (κ2) is 15.9. The molecule has 2 aromatic carbocycles. The van der Waals surface area contributed by atoms with Crippen molar-refractivity contribution >= 4 is 11.9 Å². The number of carbonyl (C=O) groups excluding carboxylic acids is 2. The Morgan fingerprint density at radius 2 is 1.27 bits per heavy atom. The summed E-state index contributed by atoms with van der Waals surface area (Å²) in [6.07, 6.45) is 12.2. The third-order valence-electron chi connectivity index (χ3n) is 5.60. The van der Waals surface area contributed by atoms with Gasteiger partial charge in [0.05, 0.1) is 24.8 Å². The van der Waals surface area contributed by atoms with E-state index < -0.39 is 11.9 Å². The van der Waals surface area contributed by atoms with Crippen LogP contribution in [0.4, 0.5) is 0 Å². The molecule has 0 unspecified atom stereocenters. The van der Waals surface area contributed by atoms with Crippen LogP contribution in [0, 0.1) is 0 Å². The summed E-state index contributed by atoms with van der Waals surface area (Å²) in [5.74, 6) is -0.344. The van der Waals surface area contributed by atoms with Crippen molar-refractivity contribution in [1.82, 2.24) is 0 Å². The third-order valence-corrected chi connectivity index (χ3v) is 5.60. The molecule has 0 heterocycles. The zero-order valence-electron chi connectivity index (χ0n) is 20.1. The van der Waals surface area contributed by atoms with E-state index in [4.69, 9.17) is 14.2 Å². The Morgan fingerprint density at radius 3 is 1.88 bits per heavy atom. The van der Waals surface area contributed by atoms with Crippen molar-refractivity contribution in [3.63, 3.8) is 0 Å². The Labute approximate surface area is 198 Å². The summed E-state index contributed by atoms with van der Waals surface area (Å²) in [5, 5.41) is 0. The number of esters is 2. The van der Waals surface area contributed by atoms with Gasteiger partial charge in [-0.05, 0) is 36.2 Å². The first-order valence-corrected chi connectivity index (χ1v) is 12.2. The monoisotopic (exact) mass is 454 g/mol. The van der Waals surface area contributed by atoms with E-state index in [1.807, 2.05) is 18.2 Å². The van der Waals surface area contributed by atoms with Gasteiger partial charge in [0.15, 0.2) is 0 Å². The van der Waals surface area contributed by atoms with Gasteiger partial charge in [-0.2, -0.15) is 0 Å². The van der Waals surface area contributed by atoms with Gasteiger partial charge in [-0.15, -0.1) is 0 Å². The molecule has 5 nitrogen and oxygen atoms in total. The van der Waals surface area contributed by atoms with Crippen LogP contribution in [0.5, 0.6) is 5.75 Å². The summed E-state index contributed by atoms with van der Waals surface area (Å²) in [6, 6.07) is 13.9. The summed E-state index contributed by atoms with van der Waals surface area (Å²) < 4.78 is 16.0. The van der Waals surface area contributed by atoms with Gasteiger partial charge in [0.25, 0.3) is 0 Å².